The summed E-state index contributed by atoms with van der Waals surface area (Å²) in [4.78, 5) is 10.8. The van der Waals surface area contributed by atoms with Crippen LogP contribution < -0.4 is 0 Å². The van der Waals surface area contributed by atoms with Crippen LogP contribution in [0.3, 0.4) is 0 Å². The molecule has 90 valence electrons. The first-order valence-corrected chi connectivity index (χ1v) is 5.22. The number of carboxylic acids is 1. The molecule has 15 heavy (non-hydrogen) atoms. The molecule has 0 bridgehead atoms. The lowest BCUT2D eigenvalue weighted by atomic mass is 10.1. The molecule has 0 aromatic carbocycles. The van der Waals surface area contributed by atoms with E-state index < -0.39 is 12.1 Å². The fourth-order valence-corrected chi connectivity index (χ4v) is 1.07. The first-order chi connectivity index (χ1) is 6.74. The molecule has 0 saturated heterocycles. The SMILES string of the molecule is CC(C)C(OCCOC(C)(C)C)C(=O)O. The van der Waals surface area contributed by atoms with Crippen LogP contribution in [0.5, 0.6) is 0 Å². The Morgan fingerprint density at radius 3 is 2.13 bits per heavy atom. The number of ether oxygens (including phenoxy) is 2. The highest BCUT2D eigenvalue weighted by atomic mass is 16.5. The van der Waals surface area contributed by atoms with Crippen LogP contribution in [0.4, 0.5) is 0 Å². The largest absolute Gasteiger partial charge is 0.479 e. The molecular formula is C11H22O4. The fraction of sp³-hybridized carbons (Fsp3) is 0.909. The minimum Gasteiger partial charge on any atom is -0.479 e. The standard InChI is InChI=1S/C11H22O4/c1-8(2)9(10(12)13)14-6-7-15-11(3,4)5/h8-9H,6-7H2,1-5H3,(H,12,13). The Hall–Kier alpha value is -0.610. The minimum absolute atomic E-state index is 0.0304. The third-order valence-corrected chi connectivity index (χ3v) is 1.76. The van der Waals surface area contributed by atoms with Crippen molar-refractivity contribution in [3.8, 4) is 0 Å². The molecule has 0 aliphatic heterocycles. The molecule has 1 atom stereocenters. The third-order valence-electron chi connectivity index (χ3n) is 1.76. The molecule has 0 rings (SSSR count). The highest BCUT2D eigenvalue weighted by Crippen LogP contribution is 2.09. The monoisotopic (exact) mass is 218 g/mol. The first kappa shape index (κ1) is 14.4. The number of hydrogen-bond acceptors (Lipinski definition) is 3. The van der Waals surface area contributed by atoms with Crippen molar-refractivity contribution in [2.45, 2.75) is 46.3 Å². The average molecular weight is 218 g/mol. The van der Waals surface area contributed by atoms with Crippen LogP contribution in [0.25, 0.3) is 0 Å². The van der Waals surface area contributed by atoms with E-state index in [1.807, 2.05) is 34.6 Å². The van der Waals surface area contributed by atoms with E-state index in [2.05, 4.69) is 0 Å². The molecule has 0 fully saturated rings. The van der Waals surface area contributed by atoms with Crippen molar-refractivity contribution in [1.29, 1.82) is 0 Å². The van der Waals surface area contributed by atoms with E-state index in [1.54, 1.807) is 0 Å². The van der Waals surface area contributed by atoms with Crippen molar-refractivity contribution in [2.24, 2.45) is 5.92 Å². The first-order valence-electron chi connectivity index (χ1n) is 5.22. The molecule has 0 aromatic heterocycles. The number of aliphatic carboxylic acids is 1. The quantitative estimate of drug-likeness (QED) is 0.692. The second kappa shape index (κ2) is 6.08. The summed E-state index contributed by atoms with van der Waals surface area (Å²) >= 11 is 0. The predicted octanol–water partition coefficient (Wildman–Crippen LogP) is 1.93. The second-order valence-corrected chi connectivity index (χ2v) is 4.83. The maximum atomic E-state index is 10.8. The van der Waals surface area contributed by atoms with Crippen molar-refractivity contribution < 1.29 is 19.4 Å². The number of hydrogen-bond donors (Lipinski definition) is 1. The Kier molecular flexibility index (Phi) is 5.83. The smallest absolute Gasteiger partial charge is 0.333 e. The molecule has 1 N–H and O–H groups in total. The molecule has 0 aromatic rings. The molecule has 4 heteroatoms. The summed E-state index contributed by atoms with van der Waals surface area (Å²) in [5.41, 5.74) is -0.208. The van der Waals surface area contributed by atoms with Crippen LogP contribution in [-0.2, 0) is 14.3 Å². The van der Waals surface area contributed by atoms with Crippen molar-refractivity contribution in [3.05, 3.63) is 0 Å². The van der Waals surface area contributed by atoms with Gasteiger partial charge in [0.2, 0.25) is 0 Å². The normalized spacial score (nSPS) is 14.3. The van der Waals surface area contributed by atoms with Gasteiger partial charge in [-0.3, -0.25) is 0 Å². The van der Waals surface area contributed by atoms with E-state index in [0.29, 0.717) is 13.2 Å². The van der Waals surface area contributed by atoms with Crippen LogP contribution >= 0.6 is 0 Å². The van der Waals surface area contributed by atoms with Gasteiger partial charge in [0.05, 0.1) is 18.8 Å². The van der Waals surface area contributed by atoms with Gasteiger partial charge in [0.1, 0.15) is 0 Å². The Bertz CT molecular complexity index is 193. The van der Waals surface area contributed by atoms with Crippen LogP contribution in [-0.4, -0.2) is 36.0 Å². The summed E-state index contributed by atoms with van der Waals surface area (Å²) in [6.07, 6.45) is -0.742. The Balaban J connectivity index is 3.78. The van der Waals surface area contributed by atoms with Gasteiger partial charge in [-0.25, -0.2) is 4.79 Å². The molecule has 0 saturated carbocycles. The van der Waals surface area contributed by atoms with E-state index in [-0.39, 0.29) is 11.5 Å². The number of carbonyl (C=O) groups is 1. The van der Waals surface area contributed by atoms with E-state index in [0.717, 1.165) is 0 Å². The molecule has 0 aliphatic carbocycles. The van der Waals surface area contributed by atoms with E-state index in [9.17, 15) is 4.79 Å². The molecule has 0 radical (unpaired) electrons. The van der Waals surface area contributed by atoms with Crippen molar-refractivity contribution in [3.63, 3.8) is 0 Å². The van der Waals surface area contributed by atoms with Crippen LogP contribution in [0, 0.1) is 5.92 Å². The maximum Gasteiger partial charge on any atom is 0.333 e. The predicted molar refractivity (Wildman–Crippen MR) is 57.9 cm³/mol. The summed E-state index contributed by atoms with van der Waals surface area (Å²) < 4.78 is 10.7. The lowest BCUT2D eigenvalue weighted by molar-refractivity contribution is -0.155. The lowest BCUT2D eigenvalue weighted by Gasteiger charge is -2.21. The molecular weight excluding hydrogens is 196 g/mol. The van der Waals surface area contributed by atoms with Crippen molar-refractivity contribution in [1.82, 2.24) is 0 Å². The van der Waals surface area contributed by atoms with Gasteiger partial charge in [0, 0.05) is 0 Å². The van der Waals surface area contributed by atoms with Gasteiger partial charge >= 0.3 is 5.97 Å². The lowest BCUT2D eigenvalue weighted by Crippen LogP contribution is -2.31. The summed E-state index contributed by atoms with van der Waals surface area (Å²) in [7, 11) is 0. The van der Waals surface area contributed by atoms with Gasteiger partial charge in [0.25, 0.3) is 0 Å². The van der Waals surface area contributed by atoms with Crippen LogP contribution in [0.2, 0.25) is 0 Å². The van der Waals surface area contributed by atoms with Gasteiger partial charge in [-0.15, -0.1) is 0 Å². The molecule has 4 nitrogen and oxygen atoms in total. The number of carboxylic acid groups (broad SMARTS) is 1. The Labute approximate surface area is 91.6 Å². The van der Waals surface area contributed by atoms with E-state index >= 15 is 0 Å². The van der Waals surface area contributed by atoms with Gasteiger partial charge in [-0.05, 0) is 26.7 Å². The van der Waals surface area contributed by atoms with Crippen LogP contribution in [0.15, 0.2) is 0 Å². The number of rotatable bonds is 6. The zero-order valence-electron chi connectivity index (χ0n) is 10.2. The zero-order valence-corrected chi connectivity index (χ0v) is 10.2. The summed E-state index contributed by atoms with van der Waals surface area (Å²) in [6.45, 7) is 10.2. The molecule has 0 amide bonds. The molecule has 1 unspecified atom stereocenters. The van der Waals surface area contributed by atoms with Gasteiger partial charge in [0.15, 0.2) is 6.10 Å². The summed E-state index contributed by atoms with van der Waals surface area (Å²) in [6, 6.07) is 0. The second-order valence-electron chi connectivity index (χ2n) is 4.83. The molecule has 0 heterocycles. The Morgan fingerprint density at radius 1 is 1.27 bits per heavy atom. The molecule has 0 spiro atoms. The van der Waals surface area contributed by atoms with Gasteiger partial charge < -0.3 is 14.6 Å². The van der Waals surface area contributed by atoms with Crippen LogP contribution in [0.1, 0.15) is 34.6 Å². The Morgan fingerprint density at radius 2 is 1.80 bits per heavy atom. The maximum absolute atomic E-state index is 10.8. The van der Waals surface area contributed by atoms with Crippen molar-refractivity contribution >= 4 is 5.97 Å². The summed E-state index contributed by atoms with van der Waals surface area (Å²) in [5.74, 6) is -0.946. The average Bonchev–Trinajstić information content (AvgIpc) is 2.00. The van der Waals surface area contributed by atoms with Gasteiger partial charge in [-0.2, -0.15) is 0 Å². The van der Waals surface area contributed by atoms with Gasteiger partial charge in [-0.1, -0.05) is 13.8 Å². The third kappa shape index (κ3) is 7.33. The topological polar surface area (TPSA) is 55.8 Å². The van der Waals surface area contributed by atoms with Crippen molar-refractivity contribution in [2.75, 3.05) is 13.2 Å². The minimum atomic E-state index is -0.916. The highest BCUT2D eigenvalue weighted by molar-refractivity contribution is 5.72. The summed E-state index contributed by atoms with van der Waals surface area (Å²) in [5, 5.41) is 8.84. The zero-order chi connectivity index (χ0) is 12.1. The van der Waals surface area contributed by atoms with E-state index in [4.69, 9.17) is 14.6 Å². The fourth-order valence-electron chi connectivity index (χ4n) is 1.07. The molecule has 0 aliphatic rings. The highest BCUT2D eigenvalue weighted by Gasteiger charge is 2.22. The van der Waals surface area contributed by atoms with E-state index in [1.165, 1.54) is 0 Å².